The summed E-state index contributed by atoms with van der Waals surface area (Å²) in [5.74, 6) is 1.49. The summed E-state index contributed by atoms with van der Waals surface area (Å²) in [4.78, 5) is 11.5. The standard InChI is InChI=1S/C18H21NO2/c1-3-17(20)19-11-13-7-9-15-16(21-2)10-8-12-5-4-6-14(13)18(12)15/h4-6,8,10,13H,3,7,9,11H2,1-2H3,(H,19,20). The molecule has 110 valence electrons. The van der Waals surface area contributed by atoms with Crippen LogP contribution in [0.1, 0.15) is 36.8 Å². The third kappa shape index (κ3) is 2.48. The minimum Gasteiger partial charge on any atom is -0.496 e. The molecule has 1 N–H and O–H groups in total. The molecule has 1 amide bonds. The molecule has 21 heavy (non-hydrogen) atoms. The predicted molar refractivity (Wildman–Crippen MR) is 84.9 cm³/mol. The van der Waals surface area contributed by atoms with Crippen molar-refractivity contribution < 1.29 is 9.53 Å². The number of aryl methyl sites for hydroxylation is 1. The summed E-state index contributed by atoms with van der Waals surface area (Å²) in [6.45, 7) is 2.61. The molecule has 3 rings (SSSR count). The maximum atomic E-state index is 11.5. The number of methoxy groups -OCH3 is 1. The third-order valence-corrected chi connectivity index (χ3v) is 4.41. The fraction of sp³-hybridized carbons (Fsp3) is 0.389. The van der Waals surface area contributed by atoms with E-state index in [1.54, 1.807) is 7.11 Å². The normalized spacial score (nSPS) is 16.8. The van der Waals surface area contributed by atoms with E-state index in [1.807, 2.05) is 6.92 Å². The molecule has 0 aromatic heterocycles. The molecule has 2 aromatic rings. The van der Waals surface area contributed by atoms with Gasteiger partial charge in [0.1, 0.15) is 5.75 Å². The number of ether oxygens (including phenoxy) is 1. The fourth-order valence-corrected chi connectivity index (χ4v) is 3.29. The molecule has 1 atom stereocenters. The summed E-state index contributed by atoms with van der Waals surface area (Å²) in [7, 11) is 1.73. The second-order valence-electron chi connectivity index (χ2n) is 5.58. The Bertz CT molecular complexity index is 678. The van der Waals surface area contributed by atoms with Crippen LogP contribution in [0.3, 0.4) is 0 Å². The number of hydrogen-bond donors (Lipinski definition) is 1. The van der Waals surface area contributed by atoms with Crippen molar-refractivity contribution in [3.63, 3.8) is 0 Å². The van der Waals surface area contributed by atoms with Crippen molar-refractivity contribution in [2.24, 2.45) is 0 Å². The lowest BCUT2D eigenvalue weighted by molar-refractivity contribution is -0.120. The number of carbonyl (C=O) groups is 1. The van der Waals surface area contributed by atoms with E-state index in [-0.39, 0.29) is 5.91 Å². The number of rotatable bonds is 4. The molecule has 1 aliphatic rings. The van der Waals surface area contributed by atoms with Crippen LogP contribution in [-0.4, -0.2) is 19.6 Å². The van der Waals surface area contributed by atoms with Crippen molar-refractivity contribution >= 4 is 16.7 Å². The molecule has 0 fully saturated rings. The Labute approximate surface area is 125 Å². The van der Waals surface area contributed by atoms with Crippen LogP contribution in [0.25, 0.3) is 10.8 Å². The van der Waals surface area contributed by atoms with E-state index in [0.717, 1.165) is 25.1 Å². The lowest BCUT2D eigenvalue weighted by Crippen LogP contribution is -2.29. The fourth-order valence-electron chi connectivity index (χ4n) is 3.29. The smallest absolute Gasteiger partial charge is 0.219 e. The highest BCUT2D eigenvalue weighted by Crippen LogP contribution is 2.40. The molecule has 0 radical (unpaired) electrons. The van der Waals surface area contributed by atoms with Gasteiger partial charge in [-0.05, 0) is 35.2 Å². The van der Waals surface area contributed by atoms with Crippen molar-refractivity contribution in [2.45, 2.75) is 32.1 Å². The first-order valence-corrected chi connectivity index (χ1v) is 7.59. The lowest BCUT2D eigenvalue weighted by Gasteiger charge is -2.27. The molecule has 0 saturated carbocycles. The van der Waals surface area contributed by atoms with E-state index in [2.05, 4.69) is 35.6 Å². The summed E-state index contributed by atoms with van der Waals surface area (Å²) in [6.07, 6.45) is 2.60. The summed E-state index contributed by atoms with van der Waals surface area (Å²) in [5, 5.41) is 5.61. The van der Waals surface area contributed by atoms with Crippen LogP contribution in [0, 0.1) is 0 Å². The van der Waals surface area contributed by atoms with Gasteiger partial charge >= 0.3 is 0 Å². The Hall–Kier alpha value is -2.03. The SMILES string of the molecule is CCC(=O)NCC1CCc2c(OC)ccc3cccc1c23. The van der Waals surface area contributed by atoms with Crippen LogP contribution < -0.4 is 10.1 Å². The molecule has 0 saturated heterocycles. The van der Waals surface area contributed by atoms with E-state index in [0.29, 0.717) is 12.3 Å². The Morgan fingerprint density at radius 1 is 1.33 bits per heavy atom. The highest BCUT2D eigenvalue weighted by Gasteiger charge is 2.24. The van der Waals surface area contributed by atoms with Gasteiger partial charge in [-0.3, -0.25) is 4.79 Å². The van der Waals surface area contributed by atoms with Crippen LogP contribution in [0.15, 0.2) is 30.3 Å². The molecular weight excluding hydrogens is 262 g/mol. The summed E-state index contributed by atoms with van der Waals surface area (Å²) >= 11 is 0. The van der Waals surface area contributed by atoms with Gasteiger partial charge in [-0.25, -0.2) is 0 Å². The van der Waals surface area contributed by atoms with Crippen molar-refractivity contribution in [1.82, 2.24) is 5.32 Å². The monoisotopic (exact) mass is 283 g/mol. The van der Waals surface area contributed by atoms with Crippen molar-refractivity contribution in [1.29, 1.82) is 0 Å². The Morgan fingerprint density at radius 2 is 2.19 bits per heavy atom. The molecule has 3 nitrogen and oxygen atoms in total. The molecule has 0 heterocycles. The molecule has 0 aliphatic heterocycles. The summed E-state index contributed by atoms with van der Waals surface area (Å²) < 4.78 is 5.51. The van der Waals surface area contributed by atoms with Crippen molar-refractivity contribution in [3.05, 3.63) is 41.5 Å². The van der Waals surface area contributed by atoms with Gasteiger partial charge in [-0.2, -0.15) is 0 Å². The highest BCUT2D eigenvalue weighted by molar-refractivity contribution is 5.92. The Balaban J connectivity index is 2.01. The van der Waals surface area contributed by atoms with Crippen LogP contribution in [0.4, 0.5) is 0 Å². The molecule has 1 unspecified atom stereocenters. The zero-order valence-corrected chi connectivity index (χ0v) is 12.6. The lowest BCUT2D eigenvalue weighted by atomic mass is 9.81. The van der Waals surface area contributed by atoms with Gasteiger partial charge in [0.25, 0.3) is 0 Å². The molecule has 2 aromatic carbocycles. The average molecular weight is 283 g/mol. The van der Waals surface area contributed by atoms with E-state index in [9.17, 15) is 4.79 Å². The topological polar surface area (TPSA) is 38.3 Å². The first-order chi connectivity index (χ1) is 10.2. The van der Waals surface area contributed by atoms with Gasteiger partial charge in [-0.15, -0.1) is 0 Å². The van der Waals surface area contributed by atoms with Crippen molar-refractivity contribution in [2.75, 3.05) is 13.7 Å². The van der Waals surface area contributed by atoms with Gasteiger partial charge in [0.2, 0.25) is 5.91 Å². The van der Waals surface area contributed by atoms with E-state index < -0.39 is 0 Å². The highest BCUT2D eigenvalue weighted by atomic mass is 16.5. The van der Waals surface area contributed by atoms with E-state index in [4.69, 9.17) is 4.74 Å². The molecule has 3 heteroatoms. The van der Waals surface area contributed by atoms with E-state index in [1.165, 1.54) is 21.9 Å². The van der Waals surface area contributed by atoms with Gasteiger partial charge in [0.05, 0.1) is 7.11 Å². The maximum Gasteiger partial charge on any atom is 0.219 e. The zero-order chi connectivity index (χ0) is 14.8. The second kappa shape index (κ2) is 5.76. The van der Waals surface area contributed by atoms with Crippen LogP contribution in [0.2, 0.25) is 0 Å². The Kier molecular flexibility index (Phi) is 3.82. The summed E-state index contributed by atoms with van der Waals surface area (Å²) in [6, 6.07) is 10.6. The third-order valence-electron chi connectivity index (χ3n) is 4.41. The van der Waals surface area contributed by atoms with Crippen LogP contribution in [0.5, 0.6) is 5.75 Å². The maximum absolute atomic E-state index is 11.5. The molecule has 0 spiro atoms. The van der Waals surface area contributed by atoms with Crippen LogP contribution >= 0.6 is 0 Å². The first-order valence-electron chi connectivity index (χ1n) is 7.59. The zero-order valence-electron chi connectivity index (χ0n) is 12.6. The number of hydrogen-bond acceptors (Lipinski definition) is 2. The predicted octanol–water partition coefficient (Wildman–Crippen LogP) is 3.40. The number of nitrogens with one attached hydrogen (secondary N) is 1. The molecule has 0 bridgehead atoms. The number of carbonyl (C=O) groups excluding carboxylic acids is 1. The van der Waals surface area contributed by atoms with Crippen molar-refractivity contribution in [3.8, 4) is 5.75 Å². The Morgan fingerprint density at radius 3 is 2.95 bits per heavy atom. The van der Waals surface area contributed by atoms with E-state index >= 15 is 0 Å². The quantitative estimate of drug-likeness (QED) is 0.934. The first kappa shape index (κ1) is 13.9. The van der Waals surface area contributed by atoms with Gasteiger partial charge in [-0.1, -0.05) is 31.2 Å². The minimum atomic E-state index is 0.124. The minimum absolute atomic E-state index is 0.124. The average Bonchev–Trinajstić information content (AvgIpc) is 2.54. The molecular formula is C18H21NO2. The summed E-state index contributed by atoms with van der Waals surface area (Å²) in [5.41, 5.74) is 2.65. The van der Waals surface area contributed by atoms with Gasteiger partial charge < -0.3 is 10.1 Å². The van der Waals surface area contributed by atoms with Crippen LogP contribution in [-0.2, 0) is 11.2 Å². The number of amides is 1. The number of benzene rings is 2. The van der Waals surface area contributed by atoms with Gasteiger partial charge in [0.15, 0.2) is 0 Å². The second-order valence-corrected chi connectivity index (χ2v) is 5.58. The largest absolute Gasteiger partial charge is 0.496 e. The van der Waals surface area contributed by atoms with Gasteiger partial charge in [0, 0.05) is 24.4 Å². The molecule has 1 aliphatic carbocycles.